The maximum atomic E-state index is 13.2. The zero-order valence-electron chi connectivity index (χ0n) is 33.2. The van der Waals surface area contributed by atoms with Gasteiger partial charge in [-0.05, 0) is 74.7 Å². The second-order valence-corrected chi connectivity index (χ2v) is 15.7. The highest BCUT2D eigenvalue weighted by Gasteiger charge is 2.30. The molecule has 0 saturated heterocycles. The zero-order chi connectivity index (χ0) is 41.2. The summed E-state index contributed by atoms with van der Waals surface area (Å²) in [4.78, 5) is 18.5. The van der Waals surface area contributed by atoms with Crippen LogP contribution < -0.4 is 14.8 Å². The highest BCUT2D eigenvalue weighted by atomic mass is 35.5. The Hall–Kier alpha value is -4.97. The summed E-state index contributed by atoms with van der Waals surface area (Å²) >= 11 is 6.20. The molecule has 0 spiro atoms. The summed E-state index contributed by atoms with van der Waals surface area (Å²) in [5.41, 5.74) is 6.11. The van der Waals surface area contributed by atoms with E-state index < -0.39 is 16.1 Å². The molecule has 0 saturated carbocycles. The van der Waals surface area contributed by atoms with Crippen LogP contribution in [0.5, 0.6) is 5.75 Å². The van der Waals surface area contributed by atoms with E-state index in [0.717, 1.165) is 27.9 Å². The van der Waals surface area contributed by atoms with E-state index in [4.69, 9.17) is 40.1 Å². The first kappa shape index (κ1) is 42.6. The minimum atomic E-state index is -3.78. The summed E-state index contributed by atoms with van der Waals surface area (Å²) in [6, 6.07) is 17.9. The van der Waals surface area contributed by atoms with Gasteiger partial charge in [0.25, 0.3) is 0 Å². The van der Waals surface area contributed by atoms with E-state index >= 15 is 0 Å². The lowest BCUT2D eigenvalue weighted by atomic mass is 10.00. The molecule has 1 atom stereocenters. The van der Waals surface area contributed by atoms with Crippen LogP contribution in [0.3, 0.4) is 0 Å². The van der Waals surface area contributed by atoms with Crippen LogP contribution in [0.2, 0.25) is 5.02 Å². The predicted molar refractivity (Wildman–Crippen MR) is 219 cm³/mol. The molecule has 15 nitrogen and oxygen atoms in total. The normalized spacial score (nSPS) is 13.8. The second kappa shape index (κ2) is 19.7. The quantitative estimate of drug-likeness (QED) is 0.0946. The maximum Gasteiger partial charge on any atom is 0.240 e. The fourth-order valence-electron chi connectivity index (χ4n) is 6.70. The van der Waals surface area contributed by atoms with Gasteiger partial charge in [0, 0.05) is 34.8 Å². The zero-order valence-corrected chi connectivity index (χ0v) is 34.8. The van der Waals surface area contributed by atoms with Gasteiger partial charge in [0.2, 0.25) is 15.9 Å². The van der Waals surface area contributed by atoms with Gasteiger partial charge in [-0.15, -0.1) is 10.2 Å². The number of nitrogens with zero attached hydrogens (tertiary/aromatic N) is 5. The number of aliphatic imine (C=N–C) groups is 1. The van der Waals surface area contributed by atoms with Crippen molar-refractivity contribution < 1.29 is 36.7 Å². The van der Waals surface area contributed by atoms with Crippen molar-refractivity contribution in [3.63, 3.8) is 0 Å². The van der Waals surface area contributed by atoms with E-state index in [1.807, 2.05) is 67.8 Å². The SMILES string of the molecule is CCc1ccc(-c2c(C)noc2C)cc1S(=O)(=O)NCCOCCOCCOCCNC(=O)C[C@@H]1N=C(c2ccc(Cl)cc2)c2cc(OC)ccc2-n2c(C)nnc21. The molecule has 0 aliphatic carbocycles. The average molecular weight is 834 g/mol. The van der Waals surface area contributed by atoms with E-state index in [1.165, 1.54) is 0 Å². The van der Waals surface area contributed by atoms with Crippen molar-refractivity contribution >= 4 is 33.2 Å². The van der Waals surface area contributed by atoms with Crippen LogP contribution in [0.4, 0.5) is 0 Å². The Morgan fingerprint density at radius 3 is 2.24 bits per heavy atom. The first-order valence-electron chi connectivity index (χ1n) is 19.0. The molecule has 58 heavy (non-hydrogen) atoms. The topological polar surface area (TPSA) is 181 Å². The molecular weight excluding hydrogens is 786 g/mol. The van der Waals surface area contributed by atoms with Crippen molar-refractivity contribution in [1.82, 2.24) is 30.0 Å². The first-order valence-corrected chi connectivity index (χ1v) is 20.9. The lowest BCUT2D eigenvalue weighted by molar-refractivity contribution is -0.121. The number of hydrogen-bond acceptors (Lipinski definition) is 12. The van der Waals surface area contributed by atoms with Gasteiger partial charge < -0.3 is 28.8 Å². The van der Waals surface area contributed by atoms with Gasteiger partial charge in [-0.2, -0.15) is 0 Å². The number of carbonyl (C=O) groups is 1. The van der Waals surface area contributed by atoms with E-state index in [0.29, 0.717) is 77.9 Å². The summed E-state index contributed by atoms with van der Waals surface area (Å²) in [5, 5.41) is 16.3. The van der Waals surface area contributed by atoms with Crippen molar-refractivity contribution in [2.24, 2.45) is 4.99 Å². The lowest BCUT2D eigenvalue weighted by Gasteiger charge is -2.14. The number of sulfonamides is 1. The molecule has 6 rings (SSSR count). The summed E-state index contributed by atoms with van der Waals surface area (Å²) in [5.74, 6) is 2.31. The van der Waals surface area contributed by atoms with Crippen LogP contribution in [0.1, 0.15) is 59.2 Å². The number of carbonyl (C=O) groups excluding carboxylic acids is 1. The Kier molecular flexibility index (Phi) is 14.4. The Morgan fingerprint density at radius 2 is 1.57 bits per heavy atom. The third-order valence-corrected chi connectivity index (χ3v) is 11.3. The molecule has 1 aliphatic heterocycles. The van der Waals surface area contributed by atoms with Crippen LogP contribution in [-0.2, 0) is 35.4 Å². The summed E-state index contributed by atoms with van der Waals surface area (Å²) < 4.78 is 58.6. The van der Waals surface area contributed by atoms with E-state index in [1.54, 1.807) is 32.2 Å². The number of aryl methyl sites for hydroxylation is 4. The number of amides is 1. The summed E-state index contributed by atoms with van der Waals surface area (Å²) in [7, 11) is -2.17. The van der Waals surface area contributed by atoms with Crippen LogP contribution >= 0.6 is 11.6 Å². The Bertz CT molecular complexity index is 2320. The third-order valence-electron chi connectivity index (χ3n) is 9.54. The number of halogens is 1. The molecule has 1 aliphatic rings. The number of hydrogen-bond donors (Lipinski definition) is 2. The molecule has 0 radical (unpaired) electrons. The van der Waals surface area contributed by atoms with E-state index in [9.17, 15) is 13.2 Å². The van der Waals surface area contributed by atoms with Crippen LogP contribution in [-0.4, -0.2) is 99.8 Å². The van der Waals surface area contributed by atoms with Crippen LogP contribution in [0, 0.1) is 20.8 Å². The number of fused-ring (bicyclic) bond motifs is 3. The molecule has 308 valence electrons. The fourth-order valence-corrected chi connectivity index (χ4v) is 8.18. The average Bonchev–Trinajstić information content (AvgIpc) is 3.73. The lowest BCUT2D eigenvalue weighted by Crippen LogP contribution is -2.29. The number of ether oxygens (including phenoxy) is 4. The van der Waals surface area contributed by atoms with Crippen LogP contribution in [0.25, 0.3) is 16.8 Å². The van der Waals surface area contributed by atoms with Crippen molar-refractivity contribution in [3.8, 4) is 22.6 Å². The smallest absolute Gasteiger partial charge is 0.240 e. The minimum Gasteiger partial charge on any atom is -0.497 e. The number of rotatable bonds is 20. The molecule has 3 heterocycles. The minimum absolute atomic E-state index is 0.0430. The number of nitrogens with one attached hydrogen (secondary N) is 2. The van der Waals surface area contributed by atoms with Gasteiger partial charge in [-0.25, -0.2) is 13.1 Å². The molecule has 3 aromatic carbocycles. The summed E-state index contributed by atoms with van der Waals surface area (Å²) in [6.07, 6.45) is 0.604. The van der Waals surface area contributed by atoms with E-state index in [-0.39, 0.29) is 43.6 Å². The van der Waals surface area contributed by atoms with Crippen molar-refractivity contribution in [2.75, 3.05) is 59.8 Å². The molecule has 2 aromatic heterocycles. The third kappa shape index (κ3) is 10.2. The monoisotopic (exact) mass is 833 g/mol. The van der Waals surface area contributed by atoms with Gasteiger partial charge in [0.15, 0.2) is 5.82 Å². The highest BCUT2D eigenvalue weighted by molar-refractivity contribution is 7.89. The fraction of sp³-hybridized carbons (Fsp3) is 0.390. The predicted octanol–water partition coefficient (Wildman–Crippen LogP) is 5.50. The van der Waals surface area contributed by atoms with Crippen molar-refractivity contribution in [2.45, 2.75) is 51.5 Å². The molecule has 5 aromatic rings. The van der Waals surface area contributed by atoms with Crippen LogP contribution in [0.15, 0.2) is 75.1 Å². The largest absolute Gasteiger partial charge is 0.497 e. The Labute approximate surface area is 343 Å². The highest BCUT2D eigenvalue weighted by Crippen LogP contribution is 2.35. The standard InChI is InChI=1S/C41H48ClN7O8S/c1-6-29-7-8-31(39-26(2)48-57-27(39)3)23-37(29)58(51,52)44-16-18-55-20-22-56-21-19-54-17-15-43-38(50)25-35-41-47-46-28(4)49(41)36-14-13-33(53-5)24-34(36)40(45-35)30-9-11-32(42)12-10-30/h7-14,23-24,35,44H,6,15-22,25H2,1-5H3,(H,43,50)/t35-/m0/s1. The second-order valence-electron chi connectivity index (χ2n) is 13.5. The molecular formula is C41H48ClN7O8S. The molecule has 17 heteroatoms. The number of aromatic nitrogens is 4. The van der Waals surface area contributed by atoms with Crippen molar-refractivity contribution in [1.29, 1.82) is 0 Å². The molecule has 0 unspecified atom stereocenters. The first-order chi connectivity index (χ1) is 28.0. The molecule has 2 N–H and O–H groups in total. The summed E-state index contributed by atoms with van der Waals surface area (Å²) in [6.45, 7) is 9.53. The van der Waals surface area contributed by atoms with Gasteiger partial charge in [-0.1, -0.05) is 47.9 Å². The maximum absolute atomic E-state index is 13.2. The van der Waals surface area contributed by atoms with Gasteiger partial charge >= 0.3 is 0 Å². The van der Waals surface area contributed by atoms with Gasteiger partial charge in [-0.3, -0.25) is 14.4 Å². The van der Waals surface area contributed by atoms with Gasteiger partial charge in [0.1, 0.15) is 23.4 Å². The number of benzene rings is 3. The Balaban J connectivity index is 0.903. The Morgan fingerprint density at radius 1 is 0.879 bits per heavy atom. The molecule has 0 fully saturated rings. The molecule has 0 bridgehead atoms. The van der Waals surface area contributed by atoms with Crippen molar-refractivity contribution in [3.05, 3.63) is 105 Å². The molecule has 1 amide bonds. The van der Waals surface area contributed by atoms with E-state index in [2.05, 4.69) is 25.4 Å². The van der Waals surface area contributed by atoms with Gasteiger partial charge in [0.05, 0.1) is 75.2 Å². The number of methoxy groups -OCH3 is 1.